The number of hydrogen-bond donors (Lipinski definition) is 4. The summed E-state index contributed by atoms with van der Waals surface area (Å²) in [5.74, 6) is 24.5. The van der Waals surface area contributed by atoms with Crippen molar-refractivity contribution < 1.29 is 19.2 Å². The molecule has 4 amide bonds. The van der Waals surface area contributed by atoms with Crippen molar-refractivity contribution in [3.63, 3.8) is 0 Å². The van der Waals surface area contributed by atoms with Crippen molar-refractivity contribution in [3.8, 4) is 47.4 Å². The van der Waals surface area contributed by atoms with Crippen molar-refractivity contribution in [2.75, 3.05) is 154 Å². The number of pyridine rings is 6. The lowest BCUT2D eigenvalue weighted by atomic mass is 10.1. The number of hydrogen-bond acceptors (Lipinski definition) is 24. The van der Waals surface area contributed by atoms with Gasteiger partial charge in [-0.1, -0.05) is 71.2 Å². The molecule has 0 spiro atoms. The molecule has 20 rings (SSSR count). The molecule has 16 aromatic rings. The van der Waals surface area contributed by atoms with Crippen molar-refractivity contribution in [3.05, 3.63) is 357 Å². The SMILES string of the molecule is Cc1cc(NC(=O)c2cncc(C#Cc3cnn4ccncc34)c2)ccc1CN1CCN(C)CC1.Cc1cc(NC(=O)c2cncc(C#Cc3ncc4cccnn34)c2)ccc1CN1CCN(C)CC1.Cc1cc(NC(=O)c2cncc(C#Cc3nnc4ccccn34)c2)ccc1CN1CCN(C)CC1.Cc1cc(NC(=O)c2cncc(C#Cc3nnn4ccccc34)c2)ccc1CN1CCN(C)CC1. The lowest BCUT2D eigenvalue weighted by Gasteiger charge is -2.32. The molecule has 4 aliphatic heterocycles. The number of anilines is 4. The van der Waals surface area contributed by atoms with Gasteiger partial charge in [-0.3, -0.25) is 68.1 Å². The van der Waals surface area contributed by atoms with Gasteiger partial charge in [0.1, 0.15) is 11.0 Å². The van der Waals surface area contributed by atoms with Crippen molar-refractivity contribution in [1.29, 1.82) is 0 Å². The largest absolute Gasteiger partial charge is 0.322 e. The van der Waals surface area contributed by atoms with E-state index < -0.39 is 0 Å². The standard InChI is InChI=1S/4C27H27N7O/c1-20-14-24(7-6-22(20)19-33-12-10-32(2)11-13-33)31-27(35)23-15-21(16-28-17-23)5-8-26-29-18-25-4-3-9-30-34(25)26;1-20-13-25(6-5-23(20)19-33-11-9-32(2)10-12-33)31-27(35)24-14-21(15-29-16-24)3-4-22-17-30-34-8-7-28-18-26(22)34;1-20-15-24(8-7-22(20)19-33-13-11-32(2)12-14-33)29-27(35)23-16-21(17-28-18-23)6-9-25-26-5-3-4-10-34(26)31-30-25;1-20-15-24(8-7-22(20)19-33-13-11-32(2)12-14-33)29-27(35)23-16-21(17-28-18-23)6-9-26-31-30-25-5-3-4-10-34(25)26/h3-4,6-7,9,14-18H,10-13,19H2,1-2H3,(H,31,35);5-8,13-18H,9-12,19H2,1-2H3,(H,31,35);2*3-5,7-8,10,15-18H,11-14,19H2,1-2H3,(H,29,35). The number of likely N-dealkylation sites (N-methyl/N-ethyl adjacent to an activating group) is 4. The molecule has 16 heterocycles. The maximum absolute atomic E-state index is 12.9. The Kier molecular flexibility index (Phi) is 31.1. The Morgan fingerprint density at radius 3 is 1.17 bits per heavy atom. The second kappa shape index (κ2) is 45.6. The first kappa shape index (κ1) is 95.5. The summed E-state index contributed by atoms with van der Waals surface area (Å²) >= 11 is 0. The molecule has 0 bridgehead atoms. The van der Waals surface area contributed by atoms with Crippen LogP contribution in [0.15, 0.2) is 245 Å². The molecule has 4 aromatic carbocycles. The van der Waals surface area contributed by atoms with Gasteiger partial charge in [0.15, 0.2) is 11.3 Å². The second-order valence-electron chi connectivity index (χ2n) is 35.4. The van der Waals surface area contributed by atoms with Gasteiger partial charge in [-0.15, -0.1) is 15.3 Å². The van der Waals surface area contributed by atoms with Gasteiger partial charge in [-0.2, -0.15) is 10.2 Å². The second-order valence-corrected chi connectivity index (χ2v) is 35.4. The number of carbonyl (C=O) groups excluding carboxylic acids is 4. The molecule has 0 unspecified atom stereocenters. The Hall–Kier alpha value is -16.2. The van der Waals surface area contributed by atoms with E-state index in [0.29, 0.717) is 61.9 Å². The average molecular weight is 1860 g/mol. The number of aryl methyl sites for hydroxylation is 4. The van der Waals surface area contributed by atoms with E-state index in [9.17, 15) is 19.2 Å². The fourth-order valence-electron chi connectivity index (χ4n) is 16.4. The van der Waals surface area contributed by atoms with E-state index in [1.165, 1.54) is 44.5 Å². The third-order valence-electron chi connectivity index (χ3n) is 24.9. The predicted molar refractivity (Wildman–Crippen MR) is 540 cm³/mol. The van der Waals surface area contributed by atoms with Crippen LogP contribution in [0.3, 0.4) is 0 Å². The molecule has 0 atom stereocenters. The number of fused-ring (bicyclic) bond motifs is 4. The van der Waals surface area contributed by atoms with E-state index >= 15 is 0 Å². The van der Waals surface area contributed by atoms with Crippen LogP contribution >= 0.6 is 0 Å². The molecule has 704 valence electrons. The van der Waals surface area contributed by atoms with Crippen LogP contribution in [0.25, 0.3) is 22.2 Å². The van der Waals surface area contributed by atoms with Crippen molar-refractivity contribution in [2.24, 2.45) is 0 Å². The topological polar surface area (TPSA) is 315 Å². The first-order valence-electron chi connectivity index (χ1n) is 46.5. The Bertz CT molecular complexity index is 6570. The number of piperazine rings is 4. The Morgan fingerprint density at radius 2 is 0.736 bits per heavy atom. The zero-order valence-corrected chi connectivity index (χ0v) is 79.6. The molecule has 0 saturated carbocycles. The Morgan fingerprint density at radius 1 is 0.329 bits per heavy atom. The fraction of sp³-hybridized carbons (Fsp3) is 0.259. The molecule has 0 aliphatic carbocycles. The molecule has 4 fully saturated rings. The molecule has 4 saturated heterocycles. The van der Waals surface area contributed by atoms with Crippen LogP contribution in [0.5, 0.6) is 0 Å². The quantitative estimate of drug-likeness (QED) is 0.0653. The van der Waals surface area contributed by atoms with Crippen LogP contribution in [0.4, 0.5) is 22.7 Å². The summed E-state index contributed by atoms with van der Waals surface area (Å²) in [5.41, 5.74) is 21.8. The van der Waals surface area contributed by atoms with Gasteiger partial charge in [0, 0.05) is 256 Å². The van der Waals surface area contributed by atoms with Crippen LogP contribution in [-0.2, 0) is 26.2 Å². The fourth-order valence-corrected chi connectivity index (χ4v) is 16.4. The van der Waals surface area contributed by atoms with Crippen LogP contribution in [0.2, 0.25) is 0 Å². The van der Waals surface area contributed by atoms with Crippen LogP contribution in [-0.4, -0.2) is 274 Å². The smallest absolute Gasteiger partial charge is 0.257 e. The van der Waals surface area contributed by atoms with E-state index in [1.54, 1.807) is 125 Å². The summed E-state index contributed by atoms with van der Waals surface area (Å²) in [7, 11) is 8.65. The van der Waals surface area contributed by atoms with E-state index in [1.807, 2.05) is 114 Å². The average Bonchev–Trinajstić information content (AvgIpc) is 1.69. The minimum absolute atomic E-state index is 0.215. The van der Waals surface area contributed by atoms with Crippen molar-refractivity contribution in [2.45, 2.75) is 53.9 Å². The lowest BCUT2D eigenvalue weighted by molar-refractivity contribution is 0.101. The summed E-state index contributed by atoms with van der Waals surface area (Å²) in [4.78, 5) is 96.1. The van der Waals surface area contributed by atoms with Gasteiger partial charge in [-0.05, 0) is 227 Å². The van der Waals surface area contributed by atoms with Gasteiger partial charge in [0.25, 0.3) is 23.6 Å². The van der Waals surface area contributed by atoms with E-state index in [-0.39, 0.29) is 23.6 Å². The van der Waals surface area contributed by atoms with E-state index in [4.69, 9.17) is 0 Å². The molecular formula is C108H108N28O4. The van der Waals surface area contributed by atoms with Crippen molar-refractivity contribution >= 4 is 68.6 Å². The zero-order chi connectivity index (χ0) is 96.8. The van der Waals surface area contributed by atoms with Crippen molar-refractivity contribution in [1.82, 2.24) is 118 Å². The molecule has 140 heavy (non-hydrogen) atoms. The molecular weight excluding hydrogens is 1750 g/mol. The number of nitrogens with one attached hydrogen (secondary N) is 4. The Labute approximate surface area is 813 Å². The summed E-state index contributed by atoms with van der Waals surface area (Å²) in [6, 6.07) is 46.4. The summed E-state index contributed by atoms with van der Waals surface area (Å²) < 4.78 is 6.88. The number of benzene rings is 4. The maximum atomic E-state index is 12.9. The van der Waals surface area contributed by atoms with Gasteiger partial charge in [-0.25, -0.2) is 18.5 Å². The number of amides is 4. The highest BCUT2D eigenvalue weighted by Gasteiger charge is 2.23. The van der Waals surface area contributed by atoms with Gasteiger partial charge in [0.2, 0.25) is 11.6 Å². The minimum Gasteiger partial charge on any atom is -0.322 e. The first-order chi connectivity index (χ1) is 68.2. The van der Waals surface area contributed by atoms with Crippen LogP contribution in [0.1, 0.15) is 131 Å². The molecule has 0 radical (unpaired) electrons. The maximum Gasteiger partial charge on any atom is 0.257 e. The zero-order valence-electron chi connectivity index (χ0n) is 79.6. The highest BCUT2D eigenvalue weighted by Crippen LogP contribution is 2.26. The molecule has 12 aromatic heterocycles. The van der Waals surface area contributed by atoms with E-state index in [2.05, 4.69) is 249 Å². The summed E-state index contributed by atoms with van der Waals surface area (Å²) in [5, 5.41) is 36.8. The first-order valence-corrected chi connectivity index (χ1v) is 46.5. The molecule has 4 N–H and O–H groups in total. The number of nitrogens with zero attached hydrogens (tertiary/aromatic N) is 24. The number of rotatable bonds is 16. The monoisotopic (exact) mass is 1860 g/mol. The van der Waals surface area contributed by atoms with Gasteiger partial charge in [0.05, 0.1) is 51.9 Å². The highest BCUT2D eigenvalue weighted by atomic mass is 16.2. The van der Waals surface area contributed by atoms with Gasteiger partial charge >= 0.3 is 0 Å². The summed E-state index contributed by atoms with van der Waals surface area (Å²) in [6.07, 6.45) is 26.7. The number of aromatic nitrogens is 16. The Balaban J connectivity index is 0.000000129. The minimum atomic E-state index is -0.222. The third-order valence-corrected chi connectivity index (χ3v) is 24.9. The predicted octanol–water partition coefficient (Wildman–Crippen LogP) is 11.3. The molecule has 32 nitrogen and oxygen atoms in total. The van der Waals surface area contributed by atoms with Crippen LogP contribution < -0.4 is 21.3 Å². The third kappa shape index (κ3) is 25.5. The number of imidazole rings is 1. The van der Waals surface area contributed by atoms with E-state index in [0.717, 1.165) is 181 Å². The number of carbonyl (C=O) groups is 4. The van der Waals surface area contributed by atoms with Crippen LogP contribution in [0, 0.1) is 75.1 Å². The molecule has 4 aliphatic rings. The molecule has 32 heteroatoms. The normalized spacial score (nSPS) is 14.5. The van der Waals surface area contributed by atoms with Gasteiger partial charge < -0.3 is 40.9 Å². The highest BCUT2D eigenvalue weighted by molar-refractivity contribution is 6.06. The lowest BCUT2D eigenvalue weighted by Crippen LogP contribution is -2.43. The summed E-state index contributed by atoms with van der Waals surface area (Å²) in [6.45, 7) is 29.5.